The van der Waals surface area contributed by atoms with E-state index < -0.39 is 0 Å². The summed E-state index contributed by atoms with van der Waals surface area (Å²) in [5.74, 6) is 0. The van der Waals surface area contributed by atoms with Crippen LogP contribution in [0.2, 0.25) is 0 Å². The third kappa shape index (κ3) is 2.30. The highest BCUT2D eigenvalue weighted by Gasteiger charge is 2.19. The summed E-state index contributed by atoms with van der Waals surface area (Å²) in [6.07, 6.45) is 2.21. The van der Waals surface area contributed by atoms with Gasteiger partial charge in [-0.1, -0.05) is 49.0 Å². The highest BCUT2D eigenvalue weighted by atomic mass is 15.0. The van der Waals surface area contributed by atoms with Gasteiger partial charge in [-0.3, -0.25) is 0 Å². The Morgan fingerprint density at radius 3 is 2.45 bits per heavy atom. The largest absolute Gasteiger partial charge is 0.305 e. The van der Waals surface area contributed by atoms with Crippen molar-refractivity contribution in [1.82, 2.24) is 4.90 Å². The molecule has 1 aliphatic carbocycles. The van der Waals surface area contributed by atoms with Gasteiger partial charge in [-0.25, -0.2) is 0 Å². The number of benzene rings is 2. The standard InChI is InChI=1S/C19H21N/c1-14-18-10-5-4-7-15(18)11-12-16-8-6-9-17(19(14)16)13-20(2)3/h4-10H,1,11-13H2,2-3H3. The van der Waals surface area contributed by atoms with Gasteiger partial charge in [0.1, 0.15) is 0 Å². The van der Waals surface area contributed by atoms with E-state index in [0.717, 1.165) is 19.4 Å². The van der Waals surface area contributed by atoms with Crippen molar-refractivity contribution in [2.75, 3.05) is 14.1 Å². The van der Waals surface area contributed by atoms with Crippen LogP contribution >= 0.6 is 0 Å². The van der Waals surface area contributed by atoms with E-state index in [4.69, 9.17) is 0 Å². The van der Waals surface area contributed by atoms with Gasteiger partial charge >= 0.3 is 0 Å². The van der Waals surface area contributed by atoms with E-state index in [1.54, 1.807) is 0 Å². The summed E-state index contributed by atoms with van der Waals surface area (Å²) in [7, 11) is 4.24. The number of fused-ring (bicyclic) bond motifs is 2. The van der Waals surface area contributed by atoms with Crippen molar-refractivity contribution in [2.24, 2.45) is 0 Å². The first-order valence-electron chi connectivity index (χ1n) is 7.20. The van der Waals surface area contributed by atoms with Crippen LogP contribution in [0.4, 0.5) is 0 Å². The van der Waals surface area contributed by atoms with Crippen LogP contribution in [0.3, 0.4) is 0 Å². The van der Waals surface area contributed by atoms with Crippen molar-refractivity contribution in [3.8, 4) is 0 Å². The van der Waals surface area contributed by atoms with Crippen LogP contribution in [0.15, 0.2) is 49.0 Å². The highest BCUT2D eigenvalue weighted by Crippen LogP contribution is 2.34. The van der Waals surface area contributed by atoms with Crippen molar-refractivity contribution in [2.45, 2.75) is 19.4 Å². The molecule has 0 heterocycles. The zero-order valence-corrected chi connectivity index (χ0v) is 12.3. The molecule has 0 amide bonds. The van der Waals surface area contributed by atoms with Crippen molar-refractivity contribution >= 4 is 5.57 Å². The van der Waals surface area contributed by atoms with Crippen molar-refractivity contribution in [3.05, 3.63) is 76.9 Å². The first-order chi connectivity index (χ1) is 9.66. The lowest BCUT2D eigenvalue weighted by Gasteiger charge is -2.18. The fourth-order valence-electron chi connectivity index (χ4n) is 3.16. The first kappa shape index (κ1) is 13.1. The monoisotopic (exact) mass is 263 g/mol. The lowest BCUT2D eigenvalue weighted by Crippen LogP contribution is -2.13. The summed E-state index contributed by atoms with van der Waals surface area (Å²) in [5.41, 5.74) is 8.11. The molecule has 0 spiro atoms. The molecule has 1 nitrogen and oxygen atoms in total. The second kappa shape index (κ2) is 5.26. The molecule has 2 aromatic carbocycles. The van der Waals surface area contributed by atoms with Gasteiger partial charge in [-0.15, -0.1) is 0 Å². The molecule has 20 heavy (non-hydrogen) atoms. The Hall–Kier alpha value is -1.86. The van der Waals surface area contributed by atoms with Crippen molar-refractivity contribution in [1.29, 1.82) is 0 Å². The Bertz CT molecular complexity index is 653. The maximum Gasteiger partial charge on any atom is 0.0233 e. The topological polar surface area (TPSA) is 3.24 Å². The van der Waals surface area contributed by atoms with E-state index in [1.807, 2.05) is 0 Å². The van der Waals surface area contributed by atoms with E-state index in [1.165, 1.54) is 33.4 Å². The van der Waals surface area contributed by atoms with E-state index >= 15 is 0 Å². The molecule has 1 aliphatic rings. The molecule has 0 bridgehead atoms. The quantitative estimate of drug-likeness (QED) is 0.794. The average molecular weight is 263 g/mol. The molecule has 3 rings (SSSR count). The normalized spacial score (nSPS) is 13.8. The summed E-state index contributed by atoms with van der Waals surface area (Å²) in [6, 6.07) is 15.4. The third-order valence-corrected chi connectivity index (χ3v) is 4.03. The van der Waals surface area contributed by atoms with Crippen LogP contribution in [-0.4, -0.2) is 19.0 Å². The number of rotatable bonds is 2. The number of hydrogen-bond donors (Lipinski definition) is 0. The Kier molecular flexibility index (Phi) is 3.45. The lowest BCUT2D eigenvalue weighted by molar-refractivity contribution is 0.402. The molecule has 0 N–H and O–H groups in total. The number of nitrogens with zero attached hydrogens (tertiary/aromatic N) is 1. The summed E-state index contributed by atoms with van der Waals surface area (Å²) >= 11 is 0. The van der Waals surface area contributed by atoms with E-state index in [0.29, 0.717) is 0 Å². The van der Waals surface area contributed by atoms with Crippen molar-refractivity contribution in [3.63, 3.8) is 0 Å². The van der Waals surface area contributed by atoms with E-state index in [2.05, 4.69) is 68.0 Å². The number of hydrogen-bond acceptors (Lipinski definition) is 1. The van der Waals surface area contributed by atoms with Gasteiger partial charge in [0, 0.05) is 6.54 Å². The molecule has 0 fully saturated rings. The van der Waals surface area contributed by atoms with Gasteiger partial charge in [0.25, 0.3) is 0 Å². The molecule has 0 saturated heterocycles. The summed E-state index contributed by atoms with van der Waals surface area (Å²) in [5, 5.41) is 0. The predicted octanol–water partition coefficient (Wildman–Crippen LogP) is 3.91. The van der Waals surface area contributed by atoms with Gasteiger partial charge in [0.2, 0.25) is 0 Å². The van der Waals surface area contributed by atoms with Crippen LogP contribution in [0, 0.1) is 0 Å². The minimum atomic E-state index is 0.963. The molecule has 0 aromatic heterocycles. The molecular weight excluding hydrogens is 242 g/mol. The second-order valence-corrected chi connectivity index (χ2v) is 5.82. The Morgan fingerprint density at radius 2 is 1.65 bits per heavy atom. The molecule has 1 heteroatoms. The average Bonchev–Trinajstić information content (AvgIpc) is 2.57. The van der Waals surface area contributed by atoms with Crippen LogP contribution in [0.25, 0.3) is 5.57 Å². The van der Waals surface area contributed by atoms with Crippen LogP contribution in [0.1, 0.15) is 27.8 Å². The Labute approximate surface area is 121 Å². The second-order valence-electron chi connectivity index (χ2n) is 5.82. The maximum atomic E-state index is 4.41. The first-order valence-corrected chi connectivity index (χ1v) is 7.20. The fraction of sp³-hybridized carbons (Fsp3) is 0.263. The SMILES string of the molecule is C=C1c2ccccc2CCc2cccc(CN(C)C)c21. The predicted molar refractivity (Wildman–Crippen MR) is 85.8 cm³/mol. The molecule has 0 aliphatic heterocycles. The van der Waals surface area contributed by atoms with Crippen molar-refractivity contribution < 1.29 is 0 Å². The minimum Gasteiger partial charge on any atom is -0.305 e. The van der Waals surface area contributed by atoms with Crippen LogP contribution < -0.4 is 0 Å². The van der Waals surface area contributed by atoms with Crippen LogP contribution in [0.5, 0.6) is 0 Å². The van der Waals surface area contributed by atoms with Gasteiger partial charge in [0.15, 0.2) is 0 Å². The molecular formula is C19H21N. The molecule has 102 valence electrons. The fourth-order valence-corrected chi connectivity index (χ4v) is 3.16. The Balaban J connectivity index is 2.15. The molecule has 2 aromatic rings. The maximum absolute atomic E-state index is 4.41. The smallest absolute Gasteiger partial charge is 0.0233 e. The number of aryl methyl sites for hydroxylation is 2. The zero-order chi connectivity index (χ0) is 14.1. The minimum absolute atomic E-state index is 0.963. The molecule has 0 radical (unpaired) electrons. The third-order valence-electron chi connectivity index (χ3n) is 4.03. The summed E-state index contributed by atoms with van der Waals surface area (Å²) in [4.78, 5) is 2.22. The highest BCUT2D eigenvalue weighted by molar-refractivity contribution is 5.84. The van der Waals surface area contributed by atoms with Gasteiger partial charge < -0.3 is 4.90 Å². The Morgan fingerprint density at radius 1 is 0.950 bits per heavy atom. The molecule has 0 atom stereocenters. The summed E-state index contributed by atoms with van der Waals surface area (Å²) < 4.78 is 0. The van der Waals surface area contributed by atoms with E-state index in [-0.39, 0.29) is 0 Å². The lowest BCUT2D eigenvalue weighted by atomic mass is 9.91. The van der Waals surface area contributed by atoms with Crippen LogP contribution in [-0.2, 0) is 19.4 Å². The summed E-state index contributed by atoms with van der Waals surface area (Å²) in [6.45, 7) is 5.37. The molecule has 0 saturated carbocycles. The van der Waals surface area contributed by atoms with E-state index in [9.17, 15) is 0 Å². The van der Waals surface area contributed by atoms with Gasteiger partial charge in [0.05, 0.1) is 0 Å². The van der Waals surface area contributed by atoms with Gasteiger partial charge in [-0.05, 0) is 60.3 Å². The zero-order valence-electron chi connectivity index (χ0n) is 12.3. The molecule has 0 unspecified atom stereocenters. The van der Waals surface area contributed by atoms with Gasteiger partial charge in [-0.2, -0.15) is 0 Å².